The van der Waals surface area contributed by atoms with Crippen molar-refractivity contribution in [1.82, 2.24) is 4.90 Å². The molecule has 3 rings (SSSR count). The highest BCUT2D eigenvalue weighted by Gasteiger charge is 2.27. The molecule has 7 heteroatoms. The Morgan fingerprint density at radius 3 is 2.12 bits per heavy atom. The van der Waals surface area contributed by atoms with E-state index in [-0.39, 0.29) is 30.4 Å². The predicted octanol–water partition coefficient (Wildman–Crippen LogP) is 5.24. The highest BCUT2D eigenvalue weighted by molar-refractivity contribution is 7.93. The lowest BCUT2D eigenvalue weighted by molar-refractivity contribution is -0.133. The molecule has 0 unspecified atom stereocenters. The van der Waals surface area contributed by atoms with E-state index in [2.05, 4.69) is 4.36 Å². The Kier molecular flexibility index (Phi) is 7.19. The number of hydrogen-bond donors (Lipinski definition) is 0. The molecule has 2 aromatic carbocycles. The Balaban J connectivity index is 2.00. The number of carbonyl (C=O) groups excluding carboxylic acids is 2. The Labute approximate surface area is 190 Å². The molecule has 0 radical (unpaired) electrons. The number of carbonyl (C=O) groups is 2. The van der Waals surface area contributed by atoms with Crippen molar-refractivity contribution in [3.8, 4) is 0 Å². The molecular formula is C25H30N2O4S. The second-order valence-electron chi connectivity index (χ2n) is 8.22. The van der Waals surface area contributed by atoms with Crippen molar-refractivity contribution in [2.24, 2.45) is 4.36 Å². The lowest BCUT2D eigenvalue weighted by atomic mass is 9.97. The van der Waals surface area contributed by atoms with Crippen molar-refractivity contribution in [1.29, 1.82) is 0 Å². The number of benzene rings is 2. The molecule has 6 nitrogen and oxygen atoms in total. The van der Waals surface area contributed by atoms with E-state index in [0.29, 0.717) is 10.5 Å². The first-order chi connectivity index (χ1) is 15.2. The van der Waals surface area contributed by atoms with Gasteiger partial charge in [0.25, 0.3) is 0 Å². The molecule has 2 aromatic rings. The maximum Gasteiger partial charge on any atom is 0.352 e. The molecule has 0 fully saturated rings. The Morgan fingerprint density at radius 1 is 1.00 bits per heavy atom. The zero-order valence-electron chi connectivity index (χ0n) is 19.2. The van der Waals surface area contributed by atoms with E-state index < -0.39 is 15.8 Å². The molecule has 1 aliphatic rings. The van der Waals surface area contributed by atoms with Gasteiger partial charge in [0.05, 0.1) is 15.3 Å². The Hall–Kier alpha value is -2.93. The number of hydrogen-bond acceptors (Lipinski definition) is 4. The fourth-order valence-corrected chi connectivity index (χ4v) is 5.37. The van der Waals surface area contributed by atoms with Crippen molar-refractivity contribution in [3.63, 3.8) is 0 Å². The standard InChI is InChI=1S/C25H30N2O4S/c1-6-32(30,26-25(29)27(17(2)3)18(4)5)21-14-12-19(13-15-21)22-16-31-24(28)23(22)20-10-8-7-9-11-20/h7-15,17-18H,6,16H2,1-5H3/t32-/m1/s1. The minimum Gasteiger partial charge on any atom is -0.457 e. The maximum atomic E-state index is 13.6. The van der Waals surface area contributed by atoms with E-state index in [1.165, 1.54) is 0 Å². The van der Waals surface area contributed by atoms with Crippen LogP contribution in [0.25, 0.3) is 11.1 Å². The van der Waals surface area contributed by atoms with Crippen LogP contribution in [-0.4, -0.2) is 45.6 Å². The molecule has 0 aliphatic carbocycles. The van der Waals surface area contributed by atoms with E-state index in [0.717, 1.165) is 16.7 Å². The van der Waals surface area contributed by atoms with Gasteiger partial charge in [-0.05, 0) is 51.0 Å². The topological polar surface area (TPSA) is 76.0 Å². The quantitative estimate of drug-likeness (QED) is 0.560. The molecular weight excluding hydrogens is 424 g/mol. The summed E-state index contributed by atoms with van der Waals surface area (Å²) in [4.78, 5) is 27.3. The van der Waals surface area contributed by atoms with Gasteiger partial charge in [-0.3, -0.25) is 0 Å². The van der Waals surface area contributed by atoms with Crippen LogP contribution in [0.2, 0.25) is 0 Å². The third kappa shape index (κ3) is 4.78. The first-order valence-electron chi connectivity index (χ1n) is 10.8. The second-order valence-corrected chi connectivity index (χ2v) is 10.7. The molecule has 1 heterocycles. The fourth-order valence-electron chi connectivity index (χ4n) is 3.89. The maximum absolute atomic E-state index is 13.6. The molecule has 1 atom stereocenters. The van der Waals surface area contributed by atoms with Crippen LogP contribution in [0.5, 0.6) is 0 Å². The Morgan fingerprint density at radius 2 is 1.59 bits per heavy atom. The van der Waals surface area contributed by atoms with E-state index in [1.54, 1.807) is 24.0 Å². The summed E-state index contributed by atoms with van der Waals surface area (Å²) in [6.07, 6.45) is 0. The van der Waals surface area contributed by atoms with Crippen LogP contribution >= 0.6 is 0 Å². The van der Waals surface area contributed by atoms with Gasteiger partial charge in [0.2, 0.25) is 0 Å². The summed E-state index contributed by atoms with van der Waals surface area (Å²) >= 11 is 0. The number of urea groups is 1. The monoisotopic (exact) mass is 454 g/mol. The van der Waals surface area contributed by atoms with Crippen molar-refractivity contribution < 1.29 is 18.5 Å². The van der Waals surface area contributed by atoms with Crippen LogP contribution in [-0.2, 0) is 19.3 Å². The van der Waals surface area contributed by atoms with Gasteiger partial charge in [0, 0.05) is 28.3 Å². The van der Waals surface area contributed by atoms with E-state index >= 15 is 0 Å². The first kappa shape index (κ1) is 23.7. The van der Waals surface area contributed by atoms with E-state index in [4.69, 9.17) is 4.74 Å². The van der Waals surface area contributed by atoms with Crippen molar-refractivity contribution in [3.05, 3.63) is 65.7 Å². The SMILES string of the molecule is CC[S@](=O)(=NC(=O)N(C(C)C)C(C)C)c1ccc(C2=C(c3ccccc3)C(=O)OC2)cc1. The van der Waals surface area contributed by atoms with Gasteiger partial charge in [-0.2, -0.15) is 0 Å². The molecule has 0 aromatic heterocycles. The first-order valence-corrected chi connectivity index (χ1v) is 12.5. The smallest absolute Gasteiger partial charge is 0.352 e. The van der Waals surface area contributed by atoms with Gasteiger partial charge in [0.1, 0.15) is 6.61 Å². The highest BCUT2D eigenvalue weighted by Crippen LogP contribution is 2.33. The third-order valence-corrected chi connectivity index (χ3v) is 7.68. The minimum atomic E-state index is -2.91. The van der Waals surface area contributed by atoms with E-state index in [9.17, 15) is 13.8 Å². The summed E-state index contributed by atoms with van der Waals surface area (Å²) < 4.78 is 23.0. The molecule has 0 bridgehead atoms. The summed E-state index contributed by atoms with van der Waals surface area (Å²) in [5, 5.41) is 0. The number of rotatable bonds is 6. The van der Waals surface area contributed by atoms with Crippen LogP contribution < -0.4 is 0 Å². The lowest BCUT2D eigenvalue weighted by Crippen LogP contribution is -2.40. The Bertz CT molecular complexity index is 1130. The van der Waals surface area contributed by atoms with Crippen LogP contribution in [0.1, 0.15) is 45.7 Å². The van der Waals surface area contributed by atoms with Gasteiger partial charge in [0.15, 0.2) is 0 Å². The number of ether oxygens (including phenoxy) is 1. The van der Waals surface area contributed by atoms with Crippen molar-refractivity contribution >= 4 is 32.9 Å². The number of esters is 1. The van der Waals surface area contributed by atoms with Gasteiger partial charge >= 0.3 is 12.0 Å². The summed E-state index contributed by atoms with van der Waals surface area (Å²) in [5.41, 5.74) is 2.94. The van der Waals surface area contributed by atoms with Gasteiger partial charge in [-0.1, -0.05) is 49.4 Å². The molecule has 170 valence electrons. The number of nitrogens with zero attached hydrogens (tertiary/aromatic N) is 2. The number of cyclic esters (lactones) is 1. The van der Waals surface area contributed by atoms with Crippen LogP contribution in [0.4, 0.5) is 4.79 Å². The normalized spacial score (nSPS) is 15.7. The molecule has 0 spiro atoms. The van der Waals surface area contributed by atoms with Crippen LogP contribution in [0.3, 0.4) is 0 Å². The molecule has 0 saturated heterocycles. The zero-order chi connectivity index (χ0) is 23.5. The molecule has 32 heavy (non-hydrogen) atoms. The summed E-state index contributed by atoms with van der Waals surface area (Å²) in [5.74, 6) is -0.127. The minimum absolute atomic E-state index is 0.0441. The van der Waals surface area contributed by atoms with Crippen molar-refractivity contribution in [2.45, 2.75) is 51.6 Å². The predicted molar refractivity (Wildman–Crippen MR) is 128 cm³/mol. The summed E-state index contributed by atoms with van der Waals surface area (Å²) in [6.45, 7) is 9.61. The molecule has 0 saturated carbocycles. The molecule has 2 amide bonds. The molecule has 0 N–H and O–H groups in total. The van der Waals surface area contributed by atoms with Gasteiger partial charge < -0.3 is 9.64 Å². The third-order valence-electron chi connectivity index (χ3n) is 5.44. The van der Waals surface area contributed by atoms with E-state index in [1.807, 2.05) is 70.2 Å². The average Bonchev–Trinajstić information content (AvgIpc) is 3.15. The highest BCUT2D eigenvalue weighted by atomic mass is 32.2. The van der Waals surface area contributed by atoms with Gasteiger partial charge in [-0.15, -0.1) is 4.36 Å². The van der Waals surface area contributed by atoms with Crippen LogP contribution in [0, 0.1) is 0 Å². The fraction of sp³-hybridized carbons (Fsp3) is 0.360. The largest absolute Gasteiger partial charge is 0.457 e. The van der Waals surface area contributed by atoms with Crippen LogP contribution in [0.15, 0.2) is 63.9 Å². The number of amides is 2. The molecule has 1 aliphatic heterocycles. The lowest BCUT2D eigenvalue weighted by Gasteiger charge is -2.28. The van der Waals surface area contributed by atoms with Gasteiger partial charge in [-0.25, -0.2) is 13.8 Å². The second kappa shape index (κ2) is 9.69. The zero-order valence-corrected chi connectivity index (χ0v) is 20.0. The van der Waals surface area contributed by atoms with Crippen molar-refractivity contribution in [2.75, 3.05) is 12.4 Å². The summed E-state index contributed by atoms with van der Waals surface area (Å²) in [6, 6.07) is 15.9. The summed E-state index contributed by atoms with van der Waals surface area (Å²) in [7, 11) is -2.91. The average molecular weight is 455 g/mol.